The molecule has 6 nitrogen and oxygen atoms in total. The van der Waals surface area contributed by atoms with E-state index in [1.165, 1.54) is 0 Å². The van der Waals surface area contributed by atoms with Gasteiger partial charge in [-0.2, -0.15) is 5.10 Å². The quantitative estimate of drug-likeness (QED) is 0.895. The summed E-state index contributed by atoms with van der Waals surface area (Å²) in [5.74, 6) is 1.51. The molecule has 0 aliphatic rings. The zero-order valence-corrected chi connectivity index (χ0v) is 11.2. The topological polar surface area (TPSA) is 81.7 Å². The Hall–Kier alpha value is -1.53. The lowest BCUT2D eigenvalue weighted by Gasteiger charge is -2.08. The Balaban J connectivity index is 1.96. The molecule has 0 amide bonds. The summed E-state index contributed by atoms with van der Waals surface area (Å²) >= 11 is 11.8. The van der Waals surface area contributed by atoms with Crippen molar-refractivity contribution in [3.05, 3.63) is 28.3 Å². The summed E-state index contributed by atoms with van der Waals surface area (Å²) in [5, 5.41) is 8.01. The average Bonchev–Trinajstić information content (AvgIpc) is 2.71. The van der Waals surface area contributed by atoms with Crippen molar-refractivity contribution in [2.75, 3.05) is 17.6 Å². The number of nitrogens with zero attached hydrogens (tertiary/aromatic N) is 4. The van der Waals surface area contributed by atoms with Gasteiger partial charge in [0.15, 0.2) is 5.82 Å². The highest BCUT2D eigenvalue weighted by atomic mass is 35.5. The van der Waals surface area contributed by atoms with Gasteiger partial charge in [-0.05, 0) is 6.07 Å². The minimum absolute atomic E-state index is 0.250. The van der Waals surface area contributed by atoms with E-state index < -0.39 is 0 Å². The number of nitrogens with one attached hydrogen (secondary N) is 1. The van der Waals surface area contributed by atoms with Crippen LogP contribution >= 0.6 is 23.2 Å². The Morgan fingerprint density at radius 1 is 1.39 bits per heavy atom. The lowest BCUT2D eigenvalue weighted by molar-refractivity contribution is 0.742. The van der Waals surface area contributed by atoms with Crippen molar-refractivity contribution in [1.29, 1.82) is 0 Å². The van der Waals surface area contributed by atoms with Gasteiger partial charge in [-0.3, -0.25) is 4.68 Å². The van der Waals surface area contributed by atoms with Gasteiger partial charge < -0.3 is 11.1 Å². The molecule has 0 fully saturated rings. The third kappa shape index (κ3) is 3.02. The number of aromatic nitrogens is 4. The van der Waals surface area contributed by atoms with E-state index in [-0.39, 0.29) is 5.82 Å². The fourth-order valence-electron chi connectivity index (χ4n) is 1.40. The largest absolute Gasteiger partial charge is 0.382 e. The summed E-state index contributed by atoms with van der Waals surface area (Å²) in [5.41, 5.74) is 5.61. The summed E-state index contributed by atoms with van der Waals surface area (Å²) in [6.45, 7) is 0.609. The van der Waals surface area contributed by atoms with Gasteiger partial charge in [0.25, 0.3) is 0 Å². The van der Waals surface area contributed by atoms with Crippen LogP contribution < -0.4 is 11.1 Å². The van der Waals surface area contributed by atoms with Crippen LogP contribution in [0.4, 0.5) is 11.6 Å². The molecule has 8 heteroatoms. The fraction of sp³-hybridized carbons (Fsp3) is 0.300. The highest BCUT2D eigenvalue weighted by molar-refractivity contribution is 6.37. The maximum absolute atomic E-state index is 5.99. The van der Waals surface area contributed by atoms with Crippen LogP contribution in [0.3, 0.4) is 0 Å². The number of hydrogen-bond acceptors (Lipinski definition) is 5. The average molecular weight is 287 g/mol. The monoisotopic (exact) mass is 286 g/mol. The summed E-state index contributed by atoms with van der Waals surface area (Å²) in [7, 11) is 1.82. The number of pyridine rings is 1. The Morgan fingerprint density at radius 2 is 2.17 bits per heavy atom. The second-order valence-corrected chi connectivity index (χ2v) is 4.51. The van der Waals surface area contributed by atoms with E-state index in [0.717, 1.165) is 5.82 Å². The van der Waals surface area contributed by atoms with Gasteiger partial charge in [0.1, 0.15) is 18.0 Å². The van der Waals surface area contributed by atoms with Crippen molar-refractivity contribution in [1.82, 2.24) is 19.7 Å². The summed E-state index contributed by atoms with van der Waals surface area (Å²) in [6.07, 6.45) is 2.32. The normalized spacial score (nSPS) is 10.6. The van der Waals surface area contributed by atoms with Crippen LogP contribution in [0.15, 0.2) is 12.4 Å². The number of halogens is 2. The predicted octanol–water partition coefficient (Wildman–Crippen LogP) is 1.75. The Bertz CT molecular complexity index is 553. The molecular weight excluding hydrogens is 275 g/mol. The first-order chi connectivity index (χ1) is 8.56. The van der Waals surface area contributed by atoms with Gasteiger partial charge in [-0.25, -0.2) is 9.97 Å². The maximum Gasteiger partial charge on any atom is 0.152 e. The molecule has 0 aromatic carbocycles. The minimum Gasteiger partial charge on any atom is -0.382 e. The first-order valence-corrected chi connectivity index (χ1v) is 6.02. The Morgan fingerprint density at radius 3 is 2.83 bits per heavy atom. The van der Waals surface area contributed by atoms with E-state index in [0.29, 0.717) is 28.8 Å². The van der Waals surface area contributed by atoms with Crippen molar-refractivity contribution >= 4 is 34.8 Å². The van der Waals surface area contributed by atoms with Gasteiger partial charge in [-0.1, -0.05) is 23.2 Å². The molecule has 0 radical (unpaired) electrons. The van der Waals surface area contributed by atoms with Gasteiger partial charge in [0.2, 0.25) is 0 Å². The molecule has 2 aromatic heterocycles. The van der Waals surface area contributed by atoms with E-state index in [1.807, 2.05) is 7.05 Å². The van der Waals surface area contributed by atoms with Crippen molar-refractivity contribution in [2.24, 2.45) is 7.05 Å². The second kappa shape index (κ2) is 5.41. The van der Waals surface area contributed by atoms with Crippen LogP contribution in [-0.4, -0.2) is 26.3 Å². The molecule has 2 heterocycles. The lowest BCUT2D eigenvalue weighted by atomic mass is 10.4. The number of nitrogen functional groups attached to an aromatic ring is 1. The number of anilines is 2. The van der Waals surface area contributed by atoms with Crippen LogP contribution in [0, 0.1) is 0 Å². The van der Waals surface area contributed by atoms with Crippen molar-refractivity contribution in [3.63, 3.8) is 0 Å². The first-order valence-electron chi connectivity index (χ1n) is 5.26. The first kappa shape index (κ1) is 12.9. The molecule has 0 spiro atoms. The van der Waals surface area contributed by atoms with Crippen LogP contribution in [-0.2, 0) is 13.5 Å². The molecule has 2 aromatic rings. The summed E-state index contributed by atoms with van der Waals surface area (Å²) in [6, 6.07) is 1.56. The highest BCUT2D eigenvalue weighted by Crippen LogP contribution is 2.27. The van der Waals surface area contributed by atoms with E-state index in [1.54, 1.807) is 17.1 Å². The fourth-order valence-corrected chi connectivity index (χ4v) is 1.82. The number of nitrogens with two attached hydrogens (primary N) is 1. The van der Waals surface area contributed by atoms with Gasteiger partial charge in [0, 0.05) is 20.0 Å². The summed E-state index contributed by atoms with van der Waals surface area (Å²) in [4.78, 5) is 8.18. The van der Waals surface area contributed by atoms with Crippen molar-refractivity contribution in [3.8, 4) is 0 Å². The van der Waals surface area contributed by atoms with Gasteiger partial charge in [0.05, 0.1) is 10.0 Å². The molecule has 0 bridgehead atoms. The zero-order chi connectivity index (χ0) is 13.1. The number of hydrogen-bond donors (Lipinski definition) is 2. The zero-order valence-electron chi connectivity index (χ0n) is 9.69. The van der Waals surface area contributed by atoms with Crippen LogP contribution in [0.25, 0.3) is 0 Å². The molecular formula is C10H12Cl2N6. The van der Waals surface area contributed by atoms with E-state index in [9.17, 15) is 0 Å². The van der Waals surface area contributed by atoms with Gasteiger partial charge >= 0.3 is 0 Å². The summed E-state index contributed by atoms with van der Waals surface area (Å²) < 4.78 is 1.65. The SMILES string of the molecule is Cn1cnc(CCNc2nc(N)c(Cl)cc2Cl)n1. The molecule has 0 aliphatic heterocycles. The molecule has 18 heavy (non-hydrogen) atoms. The smallest absolute Gasteiger partial charge is 0.152 e. The molecule has 2 rings (SSSR count). The third-order valence-corrected chi connectivity index (χ3v) is 2.84. The highest BCUT2D eigenvalue weighted by Gasteiger charge is 2.07. The molecule has 96 valence electrons. The maximum atomic E-state index is 5.99. The van der Waals surface area contributed by atoms with E-state index in [2.05, 4.69) is 20.4 Å². The Kier molecular flexibility index (Phi) is 3.88. The second-order valence-electron chi connectivity index (χ2n) is 3.70. The van der Waals surface area contributed by atoms with Crippen LogP contribution in [0.2, 0.25) is 10.0 Å². The van der Waals surface area contributed by atoms with Crippen molar-refractivity contribution < 1.29 is 0 Å². The lowest BCUT2D eigenvalue weighted by Crippen LogP contribution is -2.09. The van der Waals surface area contributed by atoms with E-state index >= 15 is 0 Å². The molecule has 0 saturated heterocycles. The van der Waals surface area contributed by atoms with Crippen LogP contribution in [0.1, 0.15) is 5.82 Å². The minimum atomic E-state index is 0.250. The standard InChI is InChI=1S/C10H12Cl2N6/c1-18-5-15-8(17-18)2-3-14-10-7(12)4-6(11)9(13)16-10/h4-5H,2-3H2,1H3,(H3,13,14,16). The molecule has 3 N–H and O–H groups in total. The molecule has 0 saturated carbocycles. The van der Waals surface area contributed by atoms with Crippen molar-refractivity contribution in [2.45, 2.75) is 6.42 Å². The third-order valence-electron chi connectivity index (χ3n) is 2.24. The molecule has 0 unspecified atom stereocenters. The predicted molar refractivity (Wildman–Crippen MR) is 71.9 cm³/mol. The number of rotatable bonds is 4. The van der Waals surface area contributed by atoms with Crippen LogP contribution in [0.5, 0.6) is 0 Å². The molecule has 0 atom stereocenters. The Labute approximate surface area is 114 Å². The molecule has 0 aliphatic carbocycles. The van der Waals surface area contributed by atoms with Gasteiger partial charge in [-0.15, -0.1) is 0 Å². The number of aryl methyl sites for hydroxylation is 1. The van der Waals surface area contributed by atoms with E-state index in [4.69, 9.17) is 28.9 Å².